The third-order valence-electron chi connectivity index (χ3n) is 4.83. The molecule has 2 N–H and O–H groups in total. The van der Waals surface area contributed by atoms with E-state index in [1.807, 2.05) is 0 Å². The Bertz CT molecular complexity index is 828. The Morgan fingerprint density at radius 3 is 2.86 bits per heavy atom. The van der Waals surface area contributed by atoms with Crippen LogP contribution in [-0.4, -0.2) is 68.2 Å². The van der Waals surface area contributed by atoms with Crippen molar-refractivity contribution in [1.82, 2.24) is 15.5 Å². The first-order valence-corrected chi connectivity index (χ1v) is 9.21. The lowest BCUT2D eigenvalue weighted by Crippen LogP contribution is -2.48. The summed E-state index contributed by atoms with van der Waals surface area (Å²) in [5, 5.41) is 5.24. The summed E-state index contributed by atoms with van der Waals surface area (Å²) in [5.41, 5.74) is -0.721. The van der Waals surface area contributed by atoms with Crippen molar-refractivity contribution in [3.8, 4) is 5.75 Å². The molecular weight excluding hydrogens is 382 g/mol. The third-order valence-corrected chi connectivity index (χ3v) is 4.83. The highest BCUT2D eigenvalue weighted by Gasteiger charge is 2.55. The number of para-hydroxylation sites is 1. The highest BCUT2D eigenvalue weighted by molar-refractivity contribution is 6.09. The molecule has 2 aliphatic rings. The standard InChI is InChI=1S/C19H23N3O7/c1-12(16(24)20-8-10-27-2)29-15(23)11-22-17(25)19(21-18(22)26)7-9-28-14-6-4-3-5-13(14)19/h3-6,12H,7-11H2,1-2H3,(H,20,24)(H,21,26)/t12-,19+/m1/s1. The van der Waals surface area contributed by atoms with Crippen LogP contribution in [0, 0.1) is 0 Å². The predicted octanol–water partition coefficient (Wildman–Crippen LogP) is -0.0895. The molecule has 10 heteroatoms. The minimum Gasteiger partial charge on any atom is -0.493 e. The fourth-order valence-electron chi connectivity index (χ4n) is 3.35. The van der Waals surface area contributed by atoms with Gasteiger partial charge in [0.1, 0.15) is 12.3 Å². The lowest BCUT2D eigenvalue weighted by molar-refractivity contribution is -0.156. The van der Waals surface area contributed by atoms with Gasteiger partial charge in [-0.1, -0.05) is 18.2 Å². The number of imide groups is 1. The topological polar surface area (TPSA) is 123 Å². The van der Waals surface area contributed by atoms with Gasteiger partial charge in [-0.25, -0.2) is 4.79 Å². The quantitative estimate of drug-likeness (QED) is 0.369. The lowest BCUT2D eigenvalue weighted by atomic mass is 9.84. The van der Waals surface area contributed by atoms with Crippen molar-refractivity contribution in [3.63, 3.8) is 0 Å². The summed E-state index contributed by atoms with van der Waals surface area (Å²) < 4.78 is 15.4. The number of hydrogen-bond acceptors (Lipinski definition) is 7. The summed E-state index contributed by atoms with van der Waals surface area (Å²) in [6, 6.07) is 6.25. The van der Waals surface area contributed by atoms with Crippen LogP contribution in [0.15, 0.2) is 24.3 Å². The summed E-state index contributed by atoms with van der Waals surface area (Å²) >= 11 is 0. The Hall–Kier alpha value is -3.14. The minimum absolute atomic E-state index is 0.248. The van der Waals surface area contributed by atoms with Crippen molar-refractivity contribution < 1.29 is 33.4 Å². The molecule has 10 nitrogen and oxygen atoms in total. The van der Waals surface area contributed by atoms with Crippen LogP contribution in [0.3, 0.4) is 0 Å². The van der Waals surface area contributed by atoms with E-state index < -0.39 is 42.0 Å². The van der Waals surface area contributed by atoms with Crippen LogP contribution in [0.25, 0.3) is 0 Å². The molecule has 2 heterocycles. The molecule has 0 unspecified atom stereocenters. The number of carbonyl (C=O) groups excluding carboxylic acids is 4. The van der Waals surface area contributed by atoms with Gasteiger partial charge in [-0.3, -0.25) is 19.3 Å². The van der Waals surface area contributed by atoms with E-state index >= 15 is 0 Å². The van der Waals surface area contributed by atoms with Gasteiger partial charge in [0.15, 0.2) is 11.6 Å². The molecule has 0 saturated carbocycles. The number of amides is 4. The fourth-order valence-corrected chi connectivity index (χ4v) is 3.35. The van der Waals surface area contributed by atoms with Gasteiger partial charge in [-0.15, -0.1) is 0 Å². The molecule has 29 heavy (non-hydrogen) atoms. The van der Waals surface area contributed by atoms with Crippen LogP contribution in [0.5, 0.6) is 5.75 Å². The Morgan fingerprint density at radius 1 is 1.34 bits per heavy atom. The maximum Gasteiger partial charge on any atom is 0.327 e. The average Bonchev–Trinajstić information content (AvgIpc) is 2.93. The van der Waals surface area contributed by atoms with Gasteiger partial charge in [-0.2, -0.15) is 0 Å². The number of methoxy groups -OCH3 is 1. The second-order valence-electron chi connectivity index (χ2n) is 6.74. The van der Waals surface area contributed by atoms with Crippen LogP contribution < -0.4 is 15.4 Å². The molecule has 0 radical (unpaired) electrons. The van der Waals surface area contributed by atoms with Crippen molar-refractivity contribution in [2.24, 2.45) is 0 Å². The molecule has 2 atom stereocenters. The number of hydrogen-bond donors (Lipinski definition) is 2. The van der Waals surface area contributed by atoms with Crippen molar-refractivity contribution in [3.05, 3.63) is 29.8 Å². The summed E-state index contributed by atoms with van der Waals surface area (Å²) in [6.07, 6.45) is -0.823. The van der Waals surface area contributed by atoms with E-state index in [9.17, 15) is 19.2 Å². The summed E-state index contributed by atoms with van der Waals surface area (Å²) in [5.74, 6) is -1.40. The van der Waals surface area contributed by atoms with Gasteiger partial charge in [-0.05, 0) is 13.0 Å². The van der Waals surface area contributed by atoms with E-state index in [0.717, 1.165) is 4.90 Å². The SMILES string of the molecule is COCCNC(=O)[C@@H](C)OC(=O)CN1C(=O)N[C@]2(CCOc3ccccc32)C1=O. The Balaban J connectivity index is 1.66. The zero-order valence-electron chi connectivity index (χ0n) is 16.2. The normalized spacial score (nSPS) is 21.2. The molecule has 1 fully saturated rings. The highest BCUT2D eigenvalue weighted by atomic mass is 16.5. The molecule has 3 rings (SSSR count). The monoisotopic (exact) mass is 405 g/mol. The Morgan fingerprint density at radius 2 is 2.10 bits per heavy atom. The molecule has 1 spiro atoms. The number of nitrogens with one attached hydrogen (secondary N) is 2. The predicted molar refractivity (Wildman–Crippen MR) is 98.9 cm³/mol. The maximum atomic E-state index is 13.1. The molecule has 1 aromatic rings. The molecule has 0 aromatic heterocycles. The molecule has 1 saturated heterocycles. The number of rotatable bonds is 7. The highest BCUT2D eigenvalue weighted by Crippen LogP contribution is 2.40. The van der Waals surface area contributed by atoms with Gasteiger partial charge in [0.2, 0.25) is 0 Å². The summed E-state index contributed by atoms with van der Waals surface area (Å²) in [6.45, 7) is 1.66. The maximum absolute atomic E-state index is 13.1. The van der Waals surface area contributed by atoms with E-state index in [0.29, 0.717) is 17.9 Å². The number of urea groups is 1. The fraction of sp³-hybridized carbons (Fsp3) is 0.474. The number of benzene rings is 1. The third kappa shape index (κ3) is 4.02. The average molecular weight is 405 g/mol. The first kappa shape index (κ1) is 20.6. The first-order valence-electron chi connectivity index (χ1n) is 9.21. The van der Waals surface area contributed by atoms with Crippen molar-refractivity contribution in [2.45, 2.75) is 25.0 Å². The van der Waals surface area contributed by atoms with Crippen LogP contribution in [0.4, 0.5) is 4.79 Å². The van der Waals surface area contributed by atoms with Gasteiger partial charge >= 0.3 is 12.0 Å². The second-order valence-corrected chi connectivity index (χ2v) is 6.74. The Kier molecular flexibility index (Phi) is 6.02. The zero-order valence-corrected chi connectivity index (χ0v) is 16.2. The van der Waals surface area contributed by atoms with Crippen LogP contribution in [0.2, 0.25) is 0 Å². The smallest absolute Gasteiger partial charge is 0.327 e. The molecule has 1 aromatic carbocycles. The number of nitrogens with zero attached hydrogens (tertiary/aromatic N) is 1. The zero-order chi connectivity index (χ0) is 21.0. The van der Waals surface area contributed by atoms with E-state index in [-0.39, 0.29) is 19.6 Å². The number of carbonyl (C=O) groups is 4. The number of fused-ring (bicyclic) bond motifs is 2. The first-order chi connectivity index (χ1) is 13.9. The Labute approximate surface area is 167 Å². The van der Waals surface area contributed by atoms with Crippen molar-refractivity contribution in [1.29, 1.82) is 0 Å². The molecule has 156 valence electrons. The van der Waals surface area contributed by atoms with Gasteiger partial charge in [0, 0.05) is 25.6 Å². The molecular formula is C19H23N3O7. The van der Waals surface area contributed by atoms with Crippen LogP contribution in [0.1, 0.15) is 18.9 Å². The summed E-state index contributed by atoms with van der Waals surface area (Å²) in [4.78, 5) is 50.4. The van der Waals surface area contributed by atoms with E-state index in [1.165, 1.54) is 14.0 Å². The van der Waals surface area contributed by atoms with E-state index in [2.05, 4.69) is 10.6 Å². The van der Waals surface area contributed by atoms with Gasteiger partial charge in [0.25, 0.3) is 11.8 Å². The van der Waals surface area contributed by atoms with Crippen LogP contribution >= 0.6 is 0 Å². The van der Waals surface area contributed by atoms with Crippen molar-refractivity contribution in [2.75, 3.05) is 33.4 Å². The van der Waals surface area contributed by atoms with E-state index in [4.69, 9.17) is 14.2 Å². The van der Waals surface area contributed by atoms with Crippen LogP contribution in [-0.2, 0) is 29.4 Å². The second kappa shape index (κ2) is 8.48. The van der Waals surface area contributed by atoms with Gasteiger partial charge in [0.05, 0.1) is 13.2 Å². The lowest BCUT2D eigenvalue weighted by Gasteiger charge is -2.33. The number of ether oxygens (including phenoxy) is 3. The molecule has 2 aliphatic heterocycles. The van der Waals surface area contributed by atoms with Crippen molar-refractivity contribution >= 4 is 23.8 Å². The number of esters is 1. The van der Waals surface area contributed by atoms with E-state index in [1.54, 1.807) is 24.3 Å². The molecule has 0 aliphatic carbocycles. The molecule has 4 amide bonds. The summed E-state index contributed by atoms with van der Waals surface area (Å²) in [7, 11) is 1.50. The largest absolute Gasteiger partial charge is 0.493 e. The molecule has 0 bridgehead atoms. The minimum atomic E-state index is -1.27. The van der Waals surface area contributed by atoms with Gasteiger partial charge < -0.3 is 24.8 Å².